The van der Waals surface area contributed by atoms with Crippen molar-refractivity contribution in [1.82, 2.24) is 0 Å². The molecule has 21 heavy (non-hydrogen) atoms. The van der Waals surface area contributed by atoms with Gasteiger partial charge in [0.2, 0.25) is 0 Å². The van der Waals surface area contributed by atoms with Crippen LogP contribution in [0.5, 0.6) is 5.75 Å². The number of unbranched alkanes of at least 4 members (excludes halogenated alkanes) is 2. The van der Waals surface area contributed by atoms with Gasteiger partial charge in [0.1, 0.15) is 5.75 Å². The van der Waals surface area contributed by atoms with Crippen molar-refractivity contribution in [3.05, 3.63) is 66.2 Å². The monoisotopic (exact) mass is 282 g/mol. The van der Waals surface area contributed by atoms with Crippen molar-refractivity contribution in [1.29, 1.82) is 0 Å². The Hall–Kier alpha value is -2.09. The molecule has 0 spiro atoms. The second-order valence-electron chi connectivity index (χ2n) is 5.19. The van der Waals surface area contributed by atoms with Gasteiger partial charge in [0.25, 0.3) is 0 Å². The van der Waals surface area contributed by atoms with Crippen LogP contribution in [-0.4, -0.2) is 5.97 Å². The Bertz CT molecular complexity index is 534. The molecule has 110 valence electrons. The van der Waals surface area contributed by atoms with Gasteiger partial charge in [-0.15, -0.1) is 0 Å². The fourth-order valence-electron chi connectivity index (χ4n) is 2.38. The van der Waals surface area contributed by atoms with Crippen molar-refractivity contribution in [3.8, 4) is 5.75 Å². The number of carbonyl (C=O) groups excluding carboxylic acids is 1. The van der Waals surface area contributed by atoms with E-state index in [2.05, 4.69) is 6.92 Å². The largest absolute Gasteiger partial charge is 0.426 e. The van der Waals surface area contributed by atoms with Crippen LogP contribution in [0.4, 0.5) is 0 Å². The van der Waals surface area contributed by atoms with Crippen molar-refractivity contribution < 1.29 is 9.53 Å². The van der Waals surface area contributed by atoms with Crippen LogP contribution < -0.4 is 4.74 Å². The molecule has 2 heteroatoms. The molecular formula is C19H22O2. The molecule has 2 aromatic rings. The van der Waals surface area contributed by atoms with E-state index in [1.165, 1.54) is 0 Å². The van der Waals surface area contributed by atoms with Crippen molar-refractivity contribution in [2.75, 3.05) is 0 Å². The molecule has 1 atom stereocenters. The fraction of sp³-hybridized carbons (Fsp3) is 0.316. The summed E-state index contributed by atoms with van der Waals surface area (Å²) in [5.41, 5.74) is 1.04. The van der Waals surface area contributed by atoms with Crippen LogP contribution in [0.3, 0.4) is 0 Å². The number of esters is 1. The Morgan fingerprint density at radius 2 is 1.57 bits per heavy atom. The Kier molecular flexibility index (Phi) is 6.01. The Balaban J connectivity index is 2.09. The highest BCUT2D eigenvalue weighted by Gasteiger charge is 2.22. The maximum absolute atomic E-state index is 12.5. The van der Waals surface area contributed by atoms with Crippen LogP contribution in [0.2, 0.25) is 0 Å². The number of hydrogen-bond donors (Lipinski definition) is 0. The SMILES string of the molecule is CCCCCC(C(=O)Oc1ccccc1)c1ccccc1. The molecule has 2 aromatic carbocycles. The Morgan fingerprint density at radius 1 is 0.952 bits per heavy atom. The maximum atomic E-state index is 12.5. The summed E-state index contributed by atoms with van der Waals surface area (Å²) in [6, 6.07) is 19.2. The first-order valence-electron chi connectivity index (χ1n) is 7.63. The molecule has 0 fully saturated rings. The molecule has 0 bridgehead atoms. The first-order valence-corrected chi connectivity index (χ1v) is 7.63. The Labute approximate surface area is 126 Å². The van der Waals surface area contributed by atoms with Gasteiger partial charge in [-0.05, 0) is 24.1 Å². The maximum Gasteiger partial charge on any atom is 0.318 e. The highest BCUT2D eigenvalue weighted by molar-refractivity contribution is 5.80. The minimum atomic E-state index is -0.182. The highest BCUT2D eigenvalue weighted by Crippen LogP contribution is 2.25. The molecular weight excluding hydrogens is 260 g/mol. The molecule has 0 aliphatic rings. The van der Waals surface area contributed by atoms with Gasteiger partial charge in [-0.1, -0.05) is 74.7 Å². The average Bonchev–Trinajstić information content (AvgIpc) is 2.53. The molecule has 0 saturated carbocycles. The minimum Gasteiger partial charge on any atom is -0.426 e. The van der Waals surface area contributed by atoms with E-state index in [0.29, 0.717) is 5.75 Å². The normalized spacial score (nSPS) is 11.9. The summed E-state index contributed by atoms with van der Waals surface area (Å²) in [6.45, 7) is 2.17. The van der Waals surface area contributed by atoms with Crippen LogP contribution >= 0.6 is 0 Å². The zero-order valence-corrected chi connectivity index (χ0v) is 12.5. The van der Waals surface area contributed by atoms with E-state index in [1.807, 2.05) is 60.7 Å². The van der Waals surface area contributed by atoms with Gasteiger partial charge >= 0.3 is 5.97 Å². The Morgan fingerprint density at radius 3 is 2.19 bits per heavy atom. The van der Waals surface area contributed by atoms with E-state index in [1.54, 1.807) is 0 Å². The van der Waals surface area contributed by atoms with Crippen molar-refractivity contribution in [3.63, 3.8) is 0 Å². The predicted molar refractivity (Wildman–Crippen MR) is 85.4 cm³/mol. The van der Waals surface area contributed by atoms with Gasteiger partial charge < -0.3 is 4.74 Å². The summed E-state index contributed by atoms with van der Waals surface area (Å²) in [5.74, 6) is 0.264. The lowest BCUT2D eigenvalue weighted by Crippen LogP contribution is -2.19. The van der Waals surface area contributed by atoms with Crippen molar-refractivity contribution in [2.24, 2.45) is 0 Å². The summed E-state index contributed by atoms with van der Waals surface area (Å²) in [7, 11) is 0. The number of rotatable bonds is 7. The lowest BCUT2D eigenvalue weighted by Gasteiger charge is -2.16. The minimum absolute atomic E-state index is 0.163. The molecule has 0 N–H and O–H groups in total. The molecule has 0 aliphatic carbocycles. The smallest absolute Gasteiger partial charge is 0.318 e. The number of para-hydroxylation sites is 1. The molecule has 0 saturated heterocycles. The number of benzene rings is 2. The van der Waals surface area contributed by atoms with E-state index < -0.39 is 0 Å². The third kappa shape index (κ3) is 4.75. The summed E-state index contributed by atoms with van der Waals surface area (Å²) < 4.78 is 5.52. The lowest BCUT2D eigenvalue weighted by atomic mass is 9.93. The summed E-state index contributed by atoms with van der Waals surface area (Å²) >= 11 is 0. The molecule has 0 radical (unpaired) electrons. The average molecular weight is 282 g/mol. The summed E-state index contributed by atoms with van der Waals surface area (Å²) in [4.78, 5) is 12.5. The van der Waals surface area contributed by atoms with E-state index in [9.17, 15) is 4.79 Å². The van der Waals surface area contributed by atoms with Crippen molar-refractivity contribution >= 4 is 5.97 Å². The second-order valence-corrected chi connectivity index (χ2v) is 5.19. The summed E-state index contributed by atoms with van der Waals surface area (Å²) in [6.07, 6.45) is 4.17. The number of carbonyl (C=O) groups is 1. The van der Waals surface area contributed by atoms with E-state index >= 15 is 0 Å². The van der Waals surface area contributed by atoms with Gasteiger partial charge in [0.15, 0.2) is 0 Å². The first kappa shape index (κ1) is 15.3. The molecule has 0 aromatic heterocycles. The standard InChI is InChI=1S/C19H22O2/c1-2-3-6-15-18(16-11-7-4-8-12-16)19(20)21-17-13-9-5-10-14-17/h4-5,7-14,18H,2-3,6,15H2,1H3. The fourth-order valence-corrected chi connectivity index (χ4v) is 2.38. The van der Waals surface area contributed by atoms with E-state index in [4.69, 9.17) is 4.74 Å². The highest BCUT2D eigenvalue weighted by atomic mass is 16.5. The molecule has 2 nitrogen and oxygen atoms in total. The molecule has 1 unspecified atom stereocenters. The first-order chi connectivity index (χ1) is 10.3. The third-order valence-corrected chi connectivity index (χ3v) is 3.54. The third-order valence-electron chi connectivity index (χ3n) is 3.54. The lowest BCUT2D eigenvalue weighted by molar-refractivity contribution is -0.136. The number of ether oxygens (including phenoxy) is 1. The van der Waals surface area contributed by atoms with Crippen LogP contribution in [0, 0.1) is 0 Å². The molecule has 0 heterocycles. The zero-order valence-electron chi connectivity index (χ0n) is 12.5. The topological polar surface area (TPSA) is 26.3 Å². The van der Waals surface area contributed by atoms with Crippen LogP contribution in [0.15, 0.2) is 60.7 Å². The summed E-state index contributed by atoms with van der Waals surface area (Å²) in [5, 5.41) is 0. The zero-order chi connectivity index (χ0) is 14.9. The molecule has 0 amide bonds. The van der Waals surface area contributed by atoms with Crippen molar-refractivity contribution in [2.45, 2.75) is 38.5 Å². The van der Waals surface area contributed by atoms with Gasteiger partial charge in [-0.3, -0.25) is 4.79 Å². The van der Waals surface area contributed by atoms with E-state index in [0.717, 1.165) is 31.2 Å². The van der Waals surface area contributed by atoms with Crippen LogP contribution in [0.1, 0.15) is 44.1 Å². The predicted octanol–water partition coefficient (Wildman–Crippen LogP) is 4.96. The molecule has 0 aliphatic heterocycles. The quantitative estimate of drug-likeness (QED) is 0.408. The van der Waals surface area contributed by atoms with E-state index in [-0.39, 0.29) is 11.9 Å². The molecule has 2 rings (SSSR count). The van der Waals surface area contributed by atoms with Crippen LogP contribution in [0.25, 0.3) is 0 Å². The number of hydrogen-bond acceptors (Lipinski definition) is 2. The van der Waals surface area contributed by atoms with Gasteiger partial charge in [-0.2, -0.15) is 0 Å². The van der Waals surface area contributed by atoms with Gasteiger partial charge in [0.05, 0.1) is 5.92 Å². The van der Waals surface area contributed by atoms with Crippen LogP contribution in [-0.2, 0) is 4.79 Å². The van der Waals surface area contributed by atoms with Gasteiger partial charge in [0, 0.05) is 0 Å². The second kappa shape index (κ2) is 8.25. The van der Waals surface area contributed by atoms with Gasteiger partial charge in [-0.25, -0.2) is 0 Å².